The molecule has 2 amide bonds. The van der Waals surface area contributed by atoms with Gasteiger partial charge in [-0.05, 0) is 50.8 Å². The van der Waals surface area contributed by atoms with Crippen LogP contribution in [0.4, 0.5) is 0 Å². The molecule has 0 aliphatic carbocycles. The number of rotatable bonds is 9. The fourth-order valence-electron chi connectivity index (χ4n) is 3.69. The van der Waals surface area contributed by atoms with Crippen LogP contribution < -0.4 is 14.8 Å². The lowest BCUT2D eigenvalue weighted by atomic mass is 10.0. The number of piperidine rings is 1. The Morgan fingerprint density at radius 3 is 2.29 bits per heavy atom. The van der Waals surface area contributed by atoms with Crippen molar-refractivity contribution in [3.8, 4) is 11.5 Å². The van der Waals surface area contributed by atoms with Gasteiger partial charge in [0, 0.05) is 25.6 Å². The van der Waals surface area contributed by atoms with Crippen LogP contribution in [0.25, 0.3) is 0 Å². The summed E-state index contributed by atoms with van der Waals surface area (Å²) in [6.07, 6.45) is 2.80. The molecule has 0 atom stereocenters. The van der Waals surface area contributed by atoms with Gasteiger partial charge in [-0.3, -0.25) is 9.59 Å². The standard InChI is InChI=1S/C25H32N2O4/c1-3-30-22-6-4-5-7-23(22)31-18-24(28)26-21-14-16-27(17-15-21)25(29)13-12-20-10-8-19(2)9-11-20/h4-11,21H,3,12-18H2,1-2H3,(H,26,28). The molecule has 1 heterocycles. The Kier molecular flexibility index (Phi) is 8.33. The summed E-state index contributed by atoms with van der Waals surface area (Å²) in [5.74, 6) is 1.22. The normalized spacial score (nSPS) is 14.2. The van der Waals surface area contributed by atoms with Gasteiger partial charge in [-0.2, -0.15) is 0 Å². The second-order valence-corrected chi connectivity index (χ2v) is 7.88. The number of nitrogens with one attached hydrogen (secondary N) is 1. The maximum atomic E-state index is 12.5. The molecule has 166 valence electrons. The summed E-state index contributed by atoms with van der Waals surface area (Å²) in [5.41, 5.74) is 2.41. The highest BCUT2D eigenvalue weighted by molar-refractivity contribution is 5.78. The molecule has 0 unspecified atom stereocenters. The van der Waals surface area contributed by atoms with Gasteiger partial charge in [-0.15, -0.1) is 0 Å². The Labute approximate surface area is 184 Å². The van der Waals surface area contributed by atoms with Gasteiger partial charge in [0.2, 0.25) is 5.91 Å². The first kappa shape index (κ1) is 22.7. The van der Waals surface area contributed by atoms with Crippen LogP contribution in [0.5, 0.6) is 11.5 Å². The molecule has 1 saturated heterocycles. The quantitative estimate of drug-likeness (QED) is 0.669. The number of para-hydroxylation sites is 2. The fourth-order valence-corrected chi connectivity index (χ4v) is 3.69. The summed E-state index contributed by atoms with van der Waals surface area (Å²) in [6, 6.07) is 15.7. The molecule has 6 heteroatoms. The first-order chi connectivity index (χ1) is 15.0. The molecule has 0 aromatic heterocycles. The summed E-state index contributed by atoms with van der Waals surface area (Å²) in [5, 5.41) is 3.02. The lowest BCUT2D eigenvalue weighted by Crippen LogP contribution is -2.47. The van der Waals surface area contributed by atoms with Gasteiger partial charge in [-0.1, -0.05) is 42.0 Å². The number of nitrogens with zero attached hydrogens (tertiary/aromatic N) is 1. The number of carbonyl (C=O) groups is 2. The van der Waals surface area contributed by atoms with E-state index >= 15 is 0 Å². The topological polar surface area (TPSA) is 67.9 Å². The van der Waals surface area contributed by atoms with E-state index in [-0.39, 0.29) is 24.5 Å². The Morgan fingerprint density at radius 1 is 1.00 bits per heavy atom. The van der Waals surface area contributed by atoms with Crippen molar-refractivity contribution in [2.75, 3.05) is 26.3 Å². The molecule has 2 aromatic carbocycles. The number of likely N-dealkylation sites (tertiary alicyclic amines) is 1. The van der Waals surface area contributed by atoms with E-state index in [0.717, 1.165) is 19.3 Å². The van der Waals surface area contributed by atoms with Gasteiger partial charge < -0.3 is 19.7 Å². The van der Waals surface area contributed by atoms with Crippen molar-refractivity contribution in [2.24, 2.45) is 0 Å². The Bertz CT molecular complexity index is 858. The molecule has 0 radical (unpaired) electrons. The lowest BCUT2D eigenvalue weighted by Gasteiger charge is -2.32. The molecule has 3 rings (SSSR count). The van der Waals surface area contributed by atoms with E-state index in [4.69, 9.17) is 9.47 Å². The molecule has 0 spiro atoms. The van der Waals surface area contributed by atoms with Gasteiger partial charge in [-0.25, -0.2) is 0 Å². The summed E-state index contributed by atoms with van der Waals surface area (Å²) in [4.78, 5) is 26.7. The lowest BCUT2D eigenvalue weighted by molar-refractivity contribution is -0.132. The third kappa shape index (κ3) is 7.02. The Morgan fingerprint density at radius 2 is 1.65 bits per heavy atom. The van der Waals surface area contributed by atoms with Crippen molar-refractivity contribution < 1.29 is 19.1 Å². The molecule has 0 bridgehead atoms. The van der Waals surface area contributed by atoms with Crippen molar-refractivity contribution in [3.05, 3.63) is 59.7 Å². The van der Waals surface area contributed by atoms with Crippen LogP contribution in [0.15, 0.2) is 48.5 Å². The van der Waals surface area contributed by atoms with Crippen LogP contribution in [-0.2, 0) is 16.0 Å². The van der Waals surface area contributed by atoms with Crippen molar-refractivity contribution in [3.63, 3.8) is 0 Å². The predicted octanol–water partition coefficient (Wildman–Crippen LogP) is 3.51. The van der Waals surface area contributed by atoms with Gasteiger partial charge >= 0.3 is 0 Å². The third-order valence-electron chi connectivity index (χ3n) is 5.47. The summed E-state index contributed by atoms with van der Waals surface area (Å²) >= 11 is 0. The number of ether oxygens (including phenoxy) is 2. The zero-order valence-corrected chi connectivity index (χ0v) is 18.4. The van der Waals surface area contributed by atoms with Gasteiger partial charge in [0.05, 0.1) is 6.61 Å². The minimum Gasteiger partial charge on any atom is -0.490 e. The number of carbonyl (C=O) groups excluding carboxylic acids is 2. The molecule has 6 nitrogen and oxygen atoms in total. The van der Waals surface area contributed by atoms with Crippen LogP contribution in [0.1, 0.15) is 37.3 Å². The van der Waals surface area contributed by atoms with E-state index in [1.807, 2.05) is 30.0 Å². The maximum absolute atomic E-state index is 12.5. The average molecular weight is 425 g/mol. The van der Waals surface area contributed by atoms with Crippen LogP contribution in [0, 0.1) is 6.92 Å². The largest absolute Gasteiger partial charge is 0.490 e. The molecular formula is C25H32N2O4. The van der Waals surface area contributed by atoms with E-state index in [1.165, 1.54) is 11.1 Å². The fraction of sp³-hybridized carbons (Fsp3) is 0.440. The highest BCUT2D eigenvalue weighted by Gasteiger charge is 2.23. The van der Waals surface area contributed by atoms with Gasteiger partial charge in [0.1, 0.15) is 0 Å². The molecule has 1 fully saturated rings. The molecule has 2 aromatic rings. The smallest absolute Gasteiger partial charge is 0.258 e. The summed E-state index contributed by atoms with van der Waals surface area (Å²) in [7, 11) is 0. The number of amides is 2. The van der Waals surface area contributed by atoms with Crippen molar-refractivity contribution in [1.82, 2.24) is 10.2 Å². The Hall–Kier alpha value is -3.02. The SMILES string of the molecule is CCOc1ccccc1OCC(=O)NC1CCN(C(=O)CCc2ccc(C)cc2)CC1. The average Bonchev–Trinajstić information content (AvgIpc) is 2.78. The minimum atomic E-state index is -0.157. The summed E-state index contributed by atoms with van der Waals surface area (Å²) < 4.78 is 11.1. The molecule has 31 heavy (non-hydrogen) atoms. The van der Waals surface area contributed by atoms with Gasteiger partial charge in [0.15, 0.2) is 18.1 Å². The Balaban J connectivity index is 1.37. The first-order valence-electron chi connectivity index (χ1n) is 11.0. The predicted molar refractivity (Wildman–Crippen MR) is 120 cm³/mol. The maximum Gasteiger partial charge on any atom is 0.258 e. The van der Waals surface area contributed by atoms with Crippen LogP contribution in [-0.4, -0.2) is 49.1 Å². The minimum absolute atomic E-state index is 0.0558. The highest BCUT2D eigenvalue weighted by atomic mass is 16.5. The van der Waals surface area contributed by atoms with Crippen molar-refractivity contribution >= 4 is 11.8 Å². The van der Waals surface area contributed by atoms with E-state index in [9.17, 15) is 9.59 Å². The second-order valence-electron chi connectivity index (χ2n) is 7.88. The molecular weight excluding hydrogens is 392 g/mol. The zero-order valence-electron chi connectivity index (χ0n) is 18.4. The van der Waals surface area contributed by atoms with Crippen molar-refractivity contribution in [2.45, 2.75) is 45.6 Å². The van der Waals surface area contributed by atoms with Crippen LogP contribution in [0.2, 0.25) is 0 Å². The number of benzene rings is 2. The van der Waals surface area contributed by atoms with Crippen LogP contribution in [0.3, 0.4) is 0 Å². The van der Waals surface area contributed by atoms with Crippen molar-refractivity contribution in [1.29, 1.82) is 0 Å². The number of hydrogen-bond acceptors (Lipinski definition) is 4. The second kappa shape index (κ2) is 11.4. The molecule has 1 aliphatic heterocycles. The summed E-state index contributed by atoms with van der Waals surface area (Å²) in [6.45, 7) is 5.79. The van der Waals surface area contributed by atoms with Gasteiger partial charge in [0.25, 0.3) is 5.91 Å². The number of hydrogen-bond donors (Lipinski definition) is 1. The highest BCUT2D eigenvalue weighted by Crippen LogP contribution is 2.26. The van der Waals surface area contributed by atoms with Crippen LogP contribution >= 0.6 is 0 Å². The monoisotopic (exact) mass is 424 g/mol. The third-order valence-corrected chi connectivity index (χ3v) is 5.47. The van der Waals surface area contributed by atoms with E-state index < -0.39 is 0 Å². The van der Waals surface area contributed by atoms with E-state index in [1.54, 1.807) is 6.07 Å². The molecule has 0 saturated carbocycles. The zero-order chi connectivity index (χ0) is 22.1. The van der Waals surface area contributed by atoms with E-state index in [0.29, 0.717) is 37.6 Å². The number of aryl methyl sites for hydroxylation is 2. The molecule has 1 aliphatic rings. The first-order valence-corrected chi connectivity index (χ1v) is 11.0. The molecule has 1 N–H and O–H groups in total. The van der Waals surface area contributed by atoms with E-state index in [2.05, 4.69) is 36.5 Å².